The Hall–Kier alpha value is -5.15. The van der Waals surface area contributed by atoms with Crippen molar-refractivity contribution in [1.29, 1.82) is 0 Å². The molecule has 0 bridgehead atoms. The Bertz CT molecular complexity index is 1740. The SMILES string of the molecule is O=C(O)CCN1CCOC(c2ccc(Oc3cccc(OC(F)(F)F)c3)cc2)C1.O=C(O)CCN1CCOC(c2ccc(Oc3ccccc3)cc2)C1. The van der Waals surface area contributed by atoms with Crippen LogP contribution in [0.4, 0.5) is 13.2 Å². The number of carbonyl (C=O) groups is 2. The molecule has 2 N–H and O–H groups in total. The van der Waals surface area contributed by atoms with Gasteiger partial charge in [0.15, 0.2) is 0 Å². The molecule has 0 aliphatic carbocycles. The molecule has 2 aliphatic heterocycles. The summed E-state index contributed by atoms with van der Waals surface area (Å²) < 4.78 is 63.9. The first kappa shape index (κ1) is 39.1. The van der Waals surface area contributed by atoms with Crippen LogP contribution in [-0.2, 0) is 19.1 Å². The molecule has 2 fully saturated rings. The van der Waals surface area contributed by atoms with Crippen LogP contribution < -0.4 is 14.2 Å². The highest BCUT2D eigenvalue weighted by Gasteiger charge is 2.31. The minimum atomic E-state index is -4.77. The van der Waals surface area contributed by atoms with Gasteiger partial charge in [-0.05, 0) is 59.7 Å². The molecule has 2 atom stereocenters. The summed E-state index contributed by atoms with van der Waals surface area (Å²) in [6.45, 7) is 4.91. The van der Waals surface area contributed by atoms with E-state index in [4.69, 9.17) is 29.2 Å². The Kier molecular flexibility index (Phi) is 14.1. The van der Waals surface area contributed by atoms with Crippen LogP contribution in [0, 0.1) is 0 Å². The van der Waals surface area contributed by atoms with Gasteiger partial charge < -0.3 is 33.9 Å². The van der Waals surface area contributed by atoms with Crippen molar-refractivity contribution in [3.05, 3.63) is 114 Å². The van der Waals surface area contributed by atoms with Crippen LogP contribution in [0.25, 0.3) is 0 Å². The number of nitrogens with zero attached hydrogens (tertiary/aromatic N) is 2. The summed E-state index contributed by atoms with van der Waals surface area (Å²) in [4.78, 5) is 25.6. The Morgan fingerprint density at radius 1 is 0.623 bits per heavy atom. The Balaban J connectivity index is 0.000000208. The molecule has 6 rings (SSSR count). The Morgan fingerprint density at radius 2 is 1.06 bits per heavy atom. The highest BCUT2D eigenvalue weighted by Crippen LogP contribution is 2.31. The molecule has 11 nitrogen and oxygen atoms in total. The van der Waals surface area contributed by atoms with Crippen molar-refractivity contribution in [2.45, 2.75) is 31.4 Å². The molecule has 2 unspecified atom stereocenters. The highest BCUT2D eigenvalue weighted by atomic mass is 19.4. The summed E-state index contributed by atoms with van der Waals surface area (Å²) >= 11 is 0. The summed E-state index contributed by atoms with van der Waals surface area (Å²) in [5, 5.41) is 17.6. The van der Waals surface area contributed by atoms with E-state index in [0.29, 0.717) is 51.7 Å². The van der Waals surface area contributed by atoms with E-state index in [1.807, 2.05) is 71.6 Å². The van der Waals surface area contributed by atoms with Crippen molar-refractivity contribution in [1.82, 2.24) is 9.80 Å². The van der Waals surface area contributed by atoms with Crippen LogP contribution in [-0.4, -0.2) is 90.8 Å². The summed E-state index contributed by atoms with van der Waals surface area (Å²) in [7, 11) is 0. The minimum absolute atomic E-state index is 0.0293. The van der Waals surface area contributed by atoms with Crippen molar-refractivity contribution >= 4 is 11.9 Å². The maximum atomic E-state index is 12.3. The van der Waals surface area contributed by atoms with Crippen LogP contribution in [0.2, 0.25) is 0 Å². The summed E-state index contributed by atoms with van der Waals surface area (Å²) in [5.41, 5.74) is 1.99. The summed E-state index contributed by atoms with van der Waals surface area (Å²) in [6.07, 6.45) is -4.74. The molecule has 0 spiro atoms. The van der Waals surface area contributed by atoms with Gasteiger partial charge in [0.2, 0.25) is 0 Å². The Labute approximate surface area is 305 Å². The van der Waals surface area contributed by atoms with E-state index in [1.54, 1.807) is 12.1 Å². The van der Waals surface area contributed by atoms with Gasteiger partial charge in [0.1, 0.15) is 28.7 Å². The summed E-state index contributed by atoms with van der Waals surface area (Å²) in [5.74, 6) is 0.301. The van der Waals surface area contributed by atoms with Crippen molar-refractivity contribution in [2.24, 2.45) is 0 Å². The first-order valence-corrected chi connectivity index (χ1v) is 17.1. The van der Waals surface area contributed by atoms with Gasteiger partial charge in [-0.1, -0.05) is 48.5 Å². The van der Waals surface area contributed by atoms with Crippen molar-refractivity contribution in [3.8, 4) is 28.7 Å². The summed E-state index contributed by atoms with van der Waals surface area (Å²) in [6, 6.07) is 29.9. The maximum absolute atomic E-state index is 12.3. The number of carboxylic acids is 2. The number of benzene rings is 4. The van der Waals surface area contributed by atoms with Crippen LogP contribution in [0.15, 0.2) is 103 Å². The molecule has 4 aromatic carbocycles. The molecule has 282 valence electrons. The maximum Gasteiger partial charge on any atom is 0.573 e. The number of hydrogen-bond donors (Lipinski definition) is 2. The molecule has 0 amide bonds. The monoisotopic (exact) mass is 738 g/mol. The van der Waals surface area contributed by atoms with Crippen LogP contribution in [0.5, 0.6) is 28.7 Å². The Morgan fingerprint density at radius 3 is 1.53 bits per heavy atom. The molecule has 0 saturated carbocycles. The zero-order chi connectivity index (χ0) is 37.6. The topological polar surface area (TPSA) is 127 Å². The van der Waals surface area contributed by atoms with Crippen molar-refractivity contribution < 1.29 is 56.7 Å². The lowest BCUT2D eigenvalue weighted by Crippen LogP contribution is -2.39. The minimum Gasteiger partial charge on any atom is -0.481 e. The molecule has 0 aromatic heterocycles. The standard InChI is InChI=1S/C20H20F3NO5.C19H21NO4/c21-20(22,23)29-17-3-1-2-16(12-17)28-15-6-4-14(5-7-15)18-13-24(10-11-27-18)9-8-19(25)26;21-19(22)10-11-20-12-13-23-18(14-20)15-6-8-17(9-7-15)24-16-4-2-1-3-5-16/h1-7,12,18H,8-11,13H2,(H,25,26);1-9,18H,10-14H2,(H,21,22). The predicted octanol–water partition coefficient (Wildman–Crippen LogP) is 7.55. The van der Waals surface area contributed by atoms with Gasteiger partial charge in [0.25, 0.3) is 0 Å². The van der Waals surface area contributed by atoms with Gasteiger partial charge >= 0.3 is 18.3 Å². The second kappa shape index (κ2) is 19.1. The van der Waals surface area contributed by atoms with Gasteiger partial charge in [-0.15, -0.1) is 13.2 Å². The average molecular weight is 739 g/mol. The number of ether oxygens (including phenoxy) is 5. The molecule has 0 radical (unpaired) electrons. The quantitative estimate of drug-likeness (QED) is 0.141. The van der Waals surface area contributed by atoms with Crippen molar-refractivity contribution in [2.75, 3.05) is 52.5 Å². The van der Waals surface area contributed by atoms with Crippen molar-refractivity contribution in [3.63, 3.8) is 0 Å². The third kappa shape index (κ3) is 13.4. The molecular weight excluding hydrogens is 697 g/mol. The fourth-order valence-electron chi connectivity index (χ4n) is 5.72. The lowest BCUT2D eigenvalue weighted by atomic mass is 10.1. The molecule has 2 aliphatic rings. The van der Waals surface area contributed by atoms with E-state index >= 15 is 0 Å². The van der Waals surface area contributed by atoms with E-state index < -0.39 is 18.3 Å². The van der Waals surface area contributed by atoms with Crippen LogP contribution >= 0.6 is 0 Å². The van der Waals surface area contributed by atoms with Gasteiger partial charge in [-0.3, -0.25) is 19.4 Å². The number of para-hydroxylation sites is 1. The normalized spacial score (nSPS) is 17.9. The van der Waals surface area contributed by atoms with E-state index in [0.717, 1.165) is 35.2 Å². The van der Waals surface area contributed by atoms with Gasteiger partial charge in [0.05, 0.1) is 38.3 Å². The number of halogens is 3. The molecule has 2 heterocycles. The zero-order valence-electron chi connectivity index (χ0n) is 28.8. The largest absolute Gasteiger partial charge is 0.573 e. The number of rotatable bonds is 13. The highest BCUT2D eigenvalue weighted by molar-refractivity contribution is 5.67. The van der Waals surface area contributed by atoms with Crippen LogP contribution in [0.1, 0.15) is 36.2 Å². The number of carboxylic acid groups (broad SMARTS) is 2. The van der Waals surface area contributed by atoms with Gasteiger partial charge in [0, 0.05) is 45.3 Å². The van der Waals surface area contributed by atoms with E-state index in [1.165, 1.54) is 18.2 Å². The van der Waals surface area contributed by atoms with E-state index in [-0.39, 0.29) is 36.5 Å². The number of hydrogen-bond acceptors (Lipinski definition) is 9. The lowest BCUT2D eigenvalue weighted by molar-refractivity contribution is -0.274. The lowest BCUT2D eigenvalue weighted by Gasteiger charge is -2.32. The smallest absolute Gasteiger partial charge is 0.481 e. The van der Waals surface area contributed by atoms with E-state index in [2.05, 4.69) is 9.64 Å². The number of aliphatic carboxylic acids is 2. The first-order chi connectivity index (χ1) is 25.5. The third-order valence-electron chi connectivity index (χ3n) is 8.34. The van der Waals surface area contributed by atoms with Gasteiger partial charge in [-0.2, -0.15) is 0 Å². The average Bonchev–Trinajstić information content (AvgIpc) is 3.14. The fraction of sp³-hybridized carbons (Fsp3) is 0.333. The molecule has 2 saturated heterocycles. The predicted molar refractivity (Wildman–Crippen MR) is 187 cm³/mol. The van der Waals surface area contributed by atoms with Gasteiger partial charge in [-0.25, -0.2) is 0 Å². The van der Waals surface area contributed by atoms with E-state index in [9.17, 15) is 22.8 Å². The first-order valence-electron chi connectivity index (χ1n) is 17.1. The molecule has 53 heavy (non-hydrogen) atoms. The third-order valence-corrected chi connectivity index (χ3v) is 8.34. The molecule has 14 heteroatoms. The zero-order valence-corrected chi connectivity index (χ0v) is 28.8. The van der Waals surface area contributed by atoms with Crippen LogP contribution in [0.3, 0.4) is 0 Å². The molecular formula is C39H41F3N2O9. The molecule has 4 aromatic rings. The number of alkyl halides is 3. The second-order valence-electron chi connectivity index (χ2n) is 12.3. The number of morpholine rings is 2. The second-order valence-corrected chi connectivity index (χ2v) is 12.3. The fourth-order valence-corrected chi connectivity index (χ4v) is 5.72.